The van der Waals surface area contributed by atoms with Gasteiger partial charge in [0.15, 0.2) is 0 Å². The molecule has 0 radical (unpaired) electrons. The second-order valence-corrected chi connectivity index (χ2v) is 5.64. The molecular formula is C15H32N2. The van der Waals surface area contributed by atoms with Gasteiger partial charge >= 0.3 is 0 Å². The molecule has 0 aromatic carbocycles. The summed E-state index contributed by atoms with van der Waals surface area (Å²) in [7, 11) is 2.14. The summed E-state index contributed by atoms with van der Waals surface area (Å²) < 4.78 is 0. The smallest absolute Gasteiger partial charge is 0.0220 e. The lowest BCUT2D eigenvalue weighted by atomic mass is 9.83. The lowest BCUT2D eigenvalue weighted by Crippen LogP contribution is -2.47. The molecule has 1 saturated carbocycles. The van der Waals surface area contributed by atoms with E-state index in [9.17, 15) is 0 Å². The maximum absolute atomic E-state index is 3.57. The van der Waals surface area contributed by atoms with Gasteiger partial charge in [-0.1, -0.05) is 33.1 Å². The minimum absolute atomic E-state index is 0.698. The van der Waals surface area contributed by atoms with Gasteiger partial charge in [-0.05, 0) is 45.7 Å². The second-order valence-electron chi connectivity index (χ2n) is 5.64. The molecule has 17 heavy (non-hydrogen) atoms. The Balaban J connectivity index is 2.48. The van der Waals surface area contributed by atoms with E-state index in [1.807, 2.05) is 0 Å². The molecule has 0 aromatic heterocycles. The van der Waals surface area contributed by atoms with Crippen LogP contribution in [0.25, 0.3) is 0 Å². The predicted octanol–water partition coefficient (Wildman–Crippen LogP) is 3.28. The number of hydrogen-bond donors (Lipinski definition) is 1. The lowest BCUT2D eigenvalue weighted by Gasteiger charge is -2.36. The first kappa shape index (κ1) is 15.0. The summed E-state index contributed by atoms with van der Waals surface area (Å²) >= 11 is 0. The highest BCUT2D eigenvalue weighted by molar-refractivity contribution is 4.82. The molecule has 0 aliphatic heterocycles. The fraction of sp³-hybridized carbons (Fsp3) is 1.00. The highest BCUT2D eigenvalue weighted by atomic mass is 15.2. The Labute approximate surface area is 108 Å². The third-order valence-corrected chi connectivity index (χ3v) is 4.64. The first-order valence-electron chi connectivity index (χ1n) is 7.64. The highest BCUT2D eigenvalue weighted by Gasteiger charge is 2.24. The standard InChI is InChI=1S/C15H32N2/c1-5-13(3)17(6-2)12-15(16-4)14-10-8-7-9-11-14/h13-16H,5-12H2,1-4H3. The van der Waals surface area contributed by atoms with E-state index in [2.05, 4.69) is 38.0 Å². The summed E-state index contributed by atoms with van der Waals surface area (Å²) in [6.07, 6.45) is 8.47. The molecular weight excluding hydrogens is 208 g/mol. The molecule has 1 aliphatic carbocycles. The molecule has 2 atom stereocenters. The van der Waals surface area contributed by atoms with Gasteiger partial charge in [0, 0.05) is 18.6 Å². The van der Waals surface area contributed by atoms with Crippen LogP contribution in [-0.2, 0) is 0 Å². The van der Waals surface area contributed by atoms with Gasteiger partial charge < -0.3 is 5.32 Å². The average molecular weight is 240 g/mol. The van der Waals surface area contributed by atoms with Crippen molar-refractivity contribution in [2.75, 3.05) is 20.1 Å². The number of hydrogen-bond acceptors (Lipinski definition) is 2. The monoisotopic (exact) mass is 240 g/mol. The van der Waals surface area contributed by atoms with Crippen molar-refractivity contribution in [2.45, 2.75) is 71.4 Å². The number of nitrogens with zero attached hydrogens (tertiary/aromatic N) is 1. The van der Waals surface area contributed by atoms with Crippen LogP contribution in [-0.4, -0.2) is 37.1 Å². The van der Waals surface area contributed by atoms with Crippen molar-refractivity contribution < 1.29 is 0 Å². The van der Waals surface area contributed by atoms with Crippen LogP contribution in [0.1, 0.15) is 59.3 Å². The number of rotatable bonds is 7. The Hall–Kier alpha value is -0.0800. The summed E-state index contributed by atoms with van der Waals surface area (Å²) in [5, 5.41) is 3.57. The normalized spacial score (nSPS) is 21.7. The Morgan fingerprint density at radius 1 is 1.18 bits per heavy atom. The van der Waals surface area contributed by atoms with E-state index in [0.29, 0.717) is 6.04 Å². The van der Waals surface area contributed by atoms with Crippen LogP contribution >= 0.6 is 0 Å². The first-order valence-corrected chi connectivity index (χ1v) is 7.64. The fourth-order valence-electron chi connectivity index (χ4n) is 3.14. The first-order chi connectivity index (χ1) is 8.22. The summed E-state index contributed by atoms with van der Waals surface area (Å²) in [5.74, 6) is 0.909. The zero-order valence-corrected chi connectivity index (χ0v) is 12.3. The van der Waals surface area contributed by atoms with Crippen LogP contribution in [0.15, 0.2) is 0 Å². The topological polar surface area (TPSA) is 15.3 Å². The van der Waals surface area contributed by atoms with Gasteiger partial charge in [-0.3, -0.25) is 4.90 Å². The molecule has 102 valence electrons. The summed E-state index contributed by atoms with van der Waals surface area (Å²) in [4.78, 5) is 2.63. The molecule has 1 fully saturated rings. The highest BCUT2D eigenvalue weighted by Crippen LogP contribution is 2.27. The van der Waals surface area contributed by atoms with Crippen LogP contribution in [0.4, 0.5) is 0 Å². The van der Waals surface area contributed by atoms with E-state index in [-0.39, 0.29) is 0 Å². The van der Waals surface area contributed by atoms with E-state index < -0.39 is 0 Å². The zero-order valence-electron chi connectivity index (χ0n) is 12.3. The third-order valence-electron chi connectivity index (χ3n) is 4.64. The second kappa shape index (κ2) is 8.10. The van der Waals surface area contributed by atoms with E-state index in [1.54, 1.807) is 0 Å². The van der Waals surface area contributed by atoms with Gasteiger partial charge in [-0.2, -0.15) is 0 Å². The average Bonchev–Trinajstić information content (AvgIpc) is 2.40. The quantitative estimate of drug-likeness (QED) is 0.735. The number of likely N-dealkylation sites (N-methyl/N-ethyl adjacent to an activating group) is 2. The predicted molar refractivity (Wildman–Crippen MR) is 76.4 cm³/mol. The van der Waals surface area contributed by atoms with E-state index in [1.165, 1.54) is 51.6 Å². The van der Waals surface area contributed by atoms with Crippen molar-refractivity contribution in [3.63, 3.8) is 0 Å². The van der Waals surface area contributed by atoms with Gasteiger partial charge in [0.25, 0.3) is 0 Å². The minimum Gasteiger partial charge on any atom is -0.315 e. The molecule has 1 rings (SSSR count). The molecule has 1 aliphatic rings. The van der Waals surface area contributed by atoms with Crippen molar-refractivity contribution in [3.05, 3.63) is 0 Å². The van der Waals surface area contributed by atoms with Crippen molar-refractivity contribution in [1.29, 1.82) is 0 Å². The molecule has 0 spiro atoms. The van der Waals surface area contributed by atoms with Gasteiger partial charge in [-0.25, -0.2) is 0 Å². The Morgan fingerprint density at radius 3 is 2.29 bits per heavy atom. The van der Waals surface area contributed by atoms with Gasteiger partial charge in [0.2, 0.25) is 0 Å². The van der Waals surface area contributed by atoms with Gasteiger partial charge in [0.1, 0.15) is 0 Å². The van der Waals surface area contributed by atoms with Crippen molar-refractivity contribution in [2.24, 2.45) is 5.92 Å². The van der Waals surface area contributed by atoms with E-state index in [4.69, 9.17) is 0 Å². The number of nitrogens with one attached hydrogen (secondary N) is 1. The molecule has 2 nitrogen and oxygen atoms in total. The summed E-state index contributed by atoms with van der Waals surface area (Å²) in [6, 6.07) is 1.42. The molecule has 2 unspecified atom stereocenters. The fourth-order valence-corrected chi connectivity index (χ4v) is 3.14. The molecule has 0 heterocycles. The molecule has 0 bridgehead atoms. The van der Waals surface area contributed by atoms with Gasteiger partial charge in [-0.15, -0.1) is 0 Å². The largest absolute Gasteiger partial charge is 0.315 e. The third kappa shape index (κ3) is 4.59. The summed E-state index contributed by atoms with van der Waals surface area (Å²) in [6.45, 7) is 9.35. The molecule has 0 saturated heterocycles. The molecule has 1 N–H and O–H groups in total. The van der Waals surface area contributed by atoms with Crippen LogP contribution in [0.3, 0.4) is 0 Å². The van der Waals surface area contributed by atoms with E-state index in [0.717, 1.165) is 12.0 Å². The van der Waals surface area contributed by atoms with Crippen LogP contribution < -0.4 is 5.32 Å². The molecule has 0 amide bonds. The molecule has 0 aromatic rings. The Kier molecular flexibility index (Phi) is 7.14. The van der Waals surface area contributed by atoms with Crippen molar-refractivity contribution >= 4 is 0 Å². The van der Waals surface area contributed by atoms with Crippen LogP contribution in [0, 0.1) is 5.92 Å². The van der Waals surface area contributed by atoms with Crippen molar-refractivity contribution in [1.82, 2.24) is 10.2 Å². The maximum atomic E-state index is 3.57. The Morgan fingerprint density at radius 2 is 1.82 bits per heavy atom. The maximum Gasteiger partial charge on any atom is 0.0220 e. The SMILES string of the molecule is CCC(C)N(CC)CC(NC)C1CCCCC1. The minimum atomic E-state index is 0.698. The van der Waals surface area contributed by atoms with Crippen LogP contribution in [0.5, 0.6) is 0 Å². The van der Waals surface area contributed by atoms with E-state index >= 15 is 0 Å². The van der Waals surface area contributed by atoms with Crippen LogP contribution in [0.2, 0.25) is 0 Å². The van der Waals surface area contributed by atoms with Crippen molar-refractivity contribution in [3.8, 4) is 0 Å². The summed E-state index contributed by atoms with van der Waals surface area (Å²) in [5.41, 5.74) is 0. The Bertz CT molecular complexity index is 187. The molecule has 2 heteroatoms. The van der Waals surface area contributed by atoms with Gasteiger partial charge in [0.05, 0.1) is 0 Å². The lowest BCUT2D eigenvalue weighted by molar-refractivity contribution is 0.156. The zero-order chi connectivity index (χ0) is 12.7.